The van der Waals surface area contributed by atoms with Crippen molar-refractivity contribution in [1.82, 2.24) is 0 Å². The van der Waals surface area contributed by atoms with E-state index in [2.05, 4.69) is 11.4 Å². The van der Waals surface area contributed by atoms with Crippen LogP contribution in [0.1, 0.15) is 11.1 Å². The minimum Gasteiger partial charge on any atom is -0.398 e. The van der Waals surface area contributed by atoms with E-state index in [1.807, 2.05) is 12.1 Å². The predicted octanol–water partition coefficient (Wildman–Crippen LogP) is 3.74. The van der Waals surface area contributed by atoms with Crippen molar-refractivity contribution < 1.29 is 4.39 Å². The Morgan fingerprint density at radius 3 is 2.75 bits per heavy atom. The Bertz CT molecular complexity index is 665. The number of rotatable bonds is 4. The van der Waals surface area contributed by atoms with Gasteiger partial charge in [-0.2, -0.15) is 5.26 Å². The number of nitrogens with two attached hydrogens (primary N) is 1. The summed E-state index contributed by atoms with van der Waals surface area (Å²) in [6, 6.07) is 12.1. The van der Waals surface area contributed by atoms with Gasteiger partial charge in [0.2, 0.25) is 0 Å². The lowest BCUT2D eigenvalue weighted by molar-refractivity contribution is 0.627. The maximum absolute atomic E-state index is 13.0. The molecule has 0 fully saturated rings. The molecule has 2 aromatic rings. The van der Waals surface area contributed by atoms with Crippen molar-refractivity contribution in [2.75, 3.05) is 11.1 Å². The van der Waals surface area contributed by atoms with E-state index in [-0.39, 0.29) is 11.4 Å². The molecule has 0 saturated carbocycles. The molecule has 2 aromatic carbocycles. The first-order chi connectivity index (χ1) is 9.60. The van der Waals surface area contributed by atoms with Gasteiger partial charge in [0.1, 0.15) is 5.82 Å². The number of nitrogen functional groups attached to an aromatic ring is 1. The lowest BCUT2D eigenvalue weighted by Crippen LogP contribution is -2.01. The van der Waals surface area contributed by atoms with Crippen LogP contribution < -0.4 is 11.1 Å². The third kappa shape index (κ3) is 3.40. The third-order valence-electron chi connectivity index (χ3n) is 2.89. The summed E-state index contributed by atoms with van der Waals surface area (Å²) in [5, 5.41) is 12.0. The minimum absolute atomic E-state index is 0.103. The smallest absolute Gasteiger partial charge is 0.141 e. The molecule has 2 rings (SSSR count). The van der Waals surface area contributed by atoms with Gasteiger partial charge in [-0.1, -0.05) is 17.7 Å². The molecule has 0 spiro atoms. The van der Waals surface area contributed by atoms with E-state index in [1.165, 1.54) is 6.07 Å². The molecule has 0 heterocycles. The minimum atomic E-state index is -0.431. The summed E-state index contributed by atoms with van der Waals surface area (Å²) >= 11 is 5.73. The molecule has 3 nitrogen and oxygen atoms in total. The zero-order valence-corrected chi connectivity index (χ0v) is 11.4. The van der Waals surface area contributed by atoms with Crippen molar-refractivity contribution in [2.45, 2.75) is 13.0 Å². The molecule has 3 N–H and O–H groups in total. The number of anilines is 2. The van der Waals surface area contributed by atoms with Crippen molar-refractivity contribution in [3.63, 3.8) is 0 Å². The average molecular weight is 290 g/mol. The van der Waals surface area contributed by atoms with E-state index in [4.69, 9.17) is 22.6 Å². The Morgan fingerprint density at radius 1 is 1.25 bits per heavy atom. The first-order valence-electron chi connectivity index (χ1n) is 6.03. The van der Waals surface area contributed by atoms with Gasteiger partial charge in [-0.05, 0) is 41.5 Å². The van der Waals surface area contributed by atoms with Gasteiger partial charge in [0.05, 0.1) is 17.5 Å². The molecule has 0 saturated heterocycles. The second kappa shape index (κ2) is 6.27. The Labute approximate surface area is 121 Å². The van der Waals surface area contributed by atoms with Crippen molar-refractivity contribution in [1.29, 1.82) is 5.26 Å². The topological polar surface area (TPSA) is 61.8 Å². The summed E-state index contributed by atoms with van der Waals surface area (Å²) in [6.45, 7) is 0.510. The Balaban J connectivity index is 2.09. The Hall–Kier alpha value is -2.25. The van der Waals surface area contributed by atoms with Crippen LogP contribution in [0.2, 0.25) is 5.02 Å². The van der Waals surface area contributed by atoms with Gasteiger partial charge in [0.25, 0.3) is 0 Å². The van der Waals surface area contributed by atoms with Gasteiger partial charge in [0.15, 0.2) is 0 Å². The van der Waals surface area contributed by atoms with Crippen LogP contribution in [0.25, 0.3) is 0 Å². The van der Waals surface area contributed by atoms with Crippen LogP contribution in [0.4, 0.5) is 15.8 Å². The second-order valence-corrected chi connectivity index (χ2v) is 4.76. The second-order valence-electron chi connectivity index (χ2n) is 4.35. The third-order valence-corrected chi connectivity index (χ3v) is 3.18. The molecule has 0 aliphatic heterocycles. The summed E-state index contributed by atoms with van der Waals surface area (Å²) < 4.78 is 13.0. The monoisotopic (exact) mass is 289 g/mol. The van der Waals surface area contributed by atoms with Gasteiger partial charge >= 0.3 is 0 Å². The largest absolute Gasteiger partial charge is 0.398 e. The van der Waals surface area contributed by atoms with E-state index < -0.39 is 5.82 Å². The summed E-state index contributed by atoms with van der Waals surface area (Å²) in [4.78, 5) is 0. The van der Waals surface area contributed by atoms with Gasteiger partial charge in [-0.15, -0.1) is 0 Å². The van der Waals surface area contributed by atoms with E-state index in [0.717, 1.165) is 16.8 Å². The summed E-state index contributed by atoms with van der Waals surface area (Å²) in [6.07, 6.45) is 0.268. The number of hydrogen-bond acceptors (Lipinski definition) is 3. The molecule has 0 atom stereocenters. The van der Waals surface area contributed by atoms with Crippen molar-refractivity contribution >= 4 is 23.0 Å². The molecule has 0 unspecified atom stereocenters. The summed E-state index contributed by atoms with van der Waals surface area (Å²) in [5.74, 6) is -0.431. The molecule has 0 aliphatic rings. The van der Waals surface area contributed by atoms with Crippen molar-refractivity contribution in [3.8, 4) is 6.07 Å². The zero-order valence-electron chi connectivity index (χ0n) is 10.7. The number of halogens is 2. The van der Waals surface area contributed by atoms with Crippen molar-refractivity contribution in [3.05, 3.63) is 58.4 Å². The molecule has 5 heteroatoms. The lowest BCUT2D eigenvalue weighted by Gasteiger charge is -2.10. The molecule has 0 radical (unpaired) electrons. The lowest BCUT2D eigenvalue weighted by atomic mass is 10.1. The average Bonchev–Trinajstić information content (AvgIpc) is 2.43. The van der Waals surface area contributed by atoms with Gasteiger partial charge in [0, 0.05) is 17.9 Å². The first kappa shape index (κ1) is 14.2. The highest BCUT2D eigenvalue weighted by Gasteiger charge is 2.03. The van der Waals surface area contributed by atoms with Gasteiger partial charge < -0.3 is 11.1 Å². The maximum atomic E-state index is 13.0. The van der Waals surface area contributed by atoms with E-state index in [0.29, 0.717) is 12.2 Å². The maximum Gasteiger partial charge on any atom is 0.141 e. The van der Waals surface area contributed by atoms with Crippen LogP contribution in [0.5, 0.6) is 0 Å². The highest BCUT2D eigenvalue weighted by Crippen LogP contribution is 2.20. The van der Waals surface area contributed by atoms with E-state index in [1.54, 1.807) is 18.2 Å². The fourth-order valence-corrected chi connectivity index (χ4v) is 2.01. The molecule has 0 aliphatic carbocycles. The van der Waals surface area contributed by atoms with Crippen LogP contribution in [0.3, 0.4) is 0 Å². The molecule has 20 heavy (non-hydrogen) atoms. The number of nitriles is 1. The van der Waals surface area contributed by atoms with Crippen LogP contribution in [0.15, 0.2) is 36.4 Å². The molecule has 0 aromatic heterocycles. The van der Waals surface area contributed by atoms with Crippen LogP contribution in [0, 0.1) is 17.1 Å². The molecule has 0 amide bonds. The fourth-order valence-electron chi connectivity index (χ4n) is 1.81. The normalized spacial score (nSPS) is 10.1. The number of nitrogens with zero attached hydrogens (tertiary/aromatic N) is 1. The molecular formula is C15H13ClFN3. The van der Waals surface area contributed by atoms with Gasteiger partial charge in [-0.3, -0.25) is 0 Å². The Kier molecular flexibility index (Phi) is 4.44. The number of nitrogens with one attached hydrogen (secondary N) is 1. The highest BCUT2D eigenvalue weighted by molar-refractivity contribution is 6.30. The standard InChI is InChI=1S/C15H13ClFN3/c16-13-7-10(1-3-14(13)17)9-20-12-2-4-15(19)11(8-12)5-6-18/h1-4,7-8,20H,5,9,19H2. The zero-order chi connectivity index (χ0) is 14.5. The molecular weight excluding hydrogens is 277 g/mol. The van der Waals surface area contributed by atoms with Crippen molar-refractivity contribution in [2.24, 2.45) is 0 Å². The quantitative estimate of drug-likeness (QED) is 0.843. The van der Waals surface area contributed by atoms with Crippen LogP contribution in [-0.2, 0) is 13.0 Å². The Morgan fingerprint density at radius 2 is 2.05 bits per heavy atom. The first-order valence-corrected chi connectivity index (χ1v) is 6.41. The molecule has 0 bridgehead atoms. The van der Waals surface area contributed by atoms with E-state index in [9.17, 15) is 4.39 Å². The van der Waals surface area contributed by atoms with E-state index >= 15 is 0 Å². The summed E-state index contributed by atoms with van der Waals surface area (Å²) in [5.41, 5.74) is 8.89. The summed E-state index contributed by atoms with van der Waals surface area (Å²) in [7, 11) is 0. The SMILES string of the molecule is N#CCc1cc(NCc2ccc(F)c(Cl)c2)ccc1N. The number of benzene rings is 2. The van der Waals surface area contributed by atoms with Crippen LogP contribution >= 0.6 is 11.6 Å². The predicted molar refractivity (Wildman–Crippen MR) is 78.9 cm³/mol. The molecule has 102 valence electrons. The highest BCUT2D eigenvalue weighted by atomic mass is 35.5. The number of hydrogen-bond donors (Lipinski definition) is 2. The van der Waals surface area contributed by atoms with Crippen LogP contribution in [-0.4, -0.2) is 0 Å². The van der Waals surface area contributed by atoms with Gasteiger partial charge in [-0.25, -0.2) is 4.39 Å². The fraction of sp³-hybridized carbons (Fsp3) is 0.133.